The maximum absolute atomic E-state index is 15.2. The van der Waals surface area contributed by atoms with E-state index in [0.717, 1.165) is 0 Å². The Bertz CT molecular complexity index is 1330. The molecule has 0 atom stereocenters. The number of nitrogens with zero attached hydrogens (tertiary/aromatic N) is 3. The Labute approximate surface area is 199 Å². The number of thiophene rings is 1. The van der Waals surface area contributed by atoms with Crippen LogP contribution in [0.3, 0.4) is 0 Å². The van der Waals surface area contributed by atoms with Crippen molar-refractivity contribution < 1.29 is 13.5 Å². The molecule has 0 saturated heterocycles. The zero-order valence-electron chi connectivity index (χ0n) is 15.1. The summed E-state index contributed by atoms with van der Waals surface area (Å²) in [5.41, 5.74) is 0.984. The molecule has 0 spiro atoms. The summed E-state index contributed by atoms with van der Waals surface area (Å²) in [5.74, 6) is -0.404. The Kier molecular flexibility index (Phi) is 6.37. The summed E-state index contributed by atoms with van der Waals surface area (Å²) in [6.07, 6.45) is -0.0131. The predicted molar refractivity (Wildman–Crippen MR) is 118 cm³/mol. The van der Waals surface area contributed by atoms with Crippen molar-refractivity contribution in [1.82, 2.24) is 10.2 Å². The maximum atomic E-state index is 15.2. The highest BCUT2D eigenvalue weighted by atomic mass is 35.5. The van der Waals surface area contributed by atoms with Gasteiger partial charge in [0, 0.05) is 10.6 Å². The van der Waals surface area contributed by atoms with Crippen molar-refractivity contribution in [2.45, 2.75) is 6.42 Å². The molecule has 0 N–H and O–H groups in total. The monoisotopic (exact) mass is 513 g/mol. The topological polar surface area (TPSA) is 71.9 Å². The molecule has 2 aromatic heterocycles. The molecule has 0 fully saturated rings. The molecule has 11 heteroatoms. The summed E-state index contributed by atoms with van der Waals surface area (Å²) in [6, 6.07) is 10.9. The zero-order chi connectivity index (χ0) is 22.1. The van der Waals surface area contributed by atoms with Crippen molar-refractivity contribution in [3.05, 3.63) is 78.0 Å². The lowest BCUT2D eigenvalue weighted by molar-refractivity contribution is 0.437. The number of nitriles is 1. The standard InChI is InChI=1S/C20H8Cl4FN3O2S/c21-11-3-9(8-26)4-12(6-11)29-18-14(22)2-1-10(17(18)25)5-16-27-28-20(30-16)13-7-15(23)31-19(13)24/h1-4,6-7H,5H2. The fraction of sp³-hybridized carbons (Fsp3) is 0.0500. The number of aromatic nitrogens is 2. The highest BCUT2D eigenvalue weighted by Gasteiger charge is 2.20. The molecular weight excluding hydrogens is 507 g/mol. The molecule has 5 nitrogen and oxygen atoms in total. The van der Waals surface area contributed by atoms with E-state index in [2.05, 4.69) is 10.2 Å². The van der Waals surface area contributed by atoms with Gasteiger partial charge in [0.2, 0.25) is 11.8 Å². The van der Waals surface area contributed by atoms with Crippen LogP contribution in [0.5, 0.6) is 11.5 Å². The molecule has 0 radical (unpaired) electrons. The smallest absolute Gasteiger partial charge is 0.250 e. The number of benzene rings is 2. The highest BCUT2D eigenvalue weighted by molar-refractivity contribution is 7.20. The van der Waals surface area contributed by atoms with Gasteiger partial charge >= 0.3 is 0 Å². The van der Waals surface area contributed by atoms with Gasteiger partial charge in [-0.2, -0.15) is 5.26 Å². The third-order valence-corrected chi connectivity index (χ3v) is 6.05. The number of hydrogen-bond donors (Lipinski definition) is 0. The van der Waals surface area contributed by atoms with Crippen molar-refractivity contribution in [1.29, 1.82) is 5.26 Å². The van der Waals surface area contributed by atoms with E-state index in [1.165, 1.54) is 41.7 Å². The molecule has 4 aromatic rings. The number of hydrogen-bond acceptors (Lipinski definition) is 6. The Morgan fingerprint density at radius 1 is 1.10 bits per heavy atom. The van der Waals surface area contributed by atoms with Gasteiger partial charge in [0.05, 0.1) is 33.0 Å². The molecule has 0 bridgehead atoms. The average Bonchev–Trinajstić information content (AvgIpc) is 3.32. The Hall–Kier alpha value is -2.34. The molecule has 0 amide bonds. The first-order chi connectivity index (χ1) is 14.8. The minimum atomic E-state index is -0.706. The summed E-state index contributed by atoms with van der Waals surface area (Å²) in [6.45, 7) is 0. The van der Waals surface area contributed by atoms with Crippen LogP contribution in [0.4, 0.5) is 4.39 Å². The van der Waals surface area contributed by atoms with E-state index >= 15 is 4.39 Å². The van der Waals surface area contributed by atoms with Crippen LogP contribution < -0.4 is 4.74 Å². The van der Waals surface area contributed by atoms with Gasteiger partial charge in [-0.05, 0) is 30.3 Å². The zero-order valence-corrected chi connectivity index (χ0v) is 19.0. The molecule has 31 heavy (non-hydrogen) atoms. The van der Waals surface area contributed by atoms with E-state index in [4.69, 9.17) is 60.8 Å². The maximum Gasteiger partial charge on any atom is 0.250 e. The Balaban J connectivity index is 1.62. The minimum Gasteiger partial charge on any atom is -0.453 e. The number of ether oxygens (including phenoxy) is 1. The van der Waals surface area contributed by atoms with Crippen molar-refractivity contribution in [2.24, 2.45) is 0 Å². The lowest BCUT2D eigenvalue weighted by Crippen LogP contribution is -1.98. The normalized spacial score (nSPS) is 10.8. The van der Waals surface area contributed by atoms with Gasteiger partial charge < -0.3 is 9.15 Å². The van der Waals surface area contributed by atoms with Crippen LogP contribution >= 0.6 is 57.7 Å². The van der Waals surface area contributed by atoms with Gasteiger partial charge in [-0.1, -0.05) is 52.5 Å². The van der Waals surface area contributed by atoms with Crippen LogP contribution in [-0.2, 0) is 6.42 Å². The van der Waals surface area contributed by atoms with Crippen molar-refractivity contribution in [3.63, 3.8) is 0 Å². The Morgan fingerprint density at radius 3 is 2.61 bits per heavy atom. The van der Waals surface area contributed by atoms with Crippen LogP contribution in [0.25, 0.3) is 11.5 Å². The van der Waals surface area contributed by atoms with Crippen LogP contribution in [0.15, 0.2) is 40.8 Å². The summed E-state index contributed by atoms with van der Waals surface area (Å²) in [4.78, 5) is 0. The molecule has 0 aliphatic heterocycles. The van der Waals surface area contributed by atoms with Crippen molar-refractivity contribution >= 4 is 57.7 Å². The summed E-state index contributed by atoms with van der Waals surface area (Å²) in [7, 11) is 0. The van der Waals surface area contributed by atoms with E-state index < -0.39 is 5.82 Å². The molecule has 4 rings (SSSR count). The van der Waals surface area contributed by atoms with Crippen LogP contribution in [0.2, 0.25) is 18.7 Å². The summed E-state index contributed by atoms with van der Waals surface area (Å²) < 4.78 is 27.2. The quantitative estimate of drug-likeness (QED) is 0.271. The molecule has 0 unspecified atom stereocenters. The molecule has 2 aromatic carbocycles. The molecule has 0 aliphatic carbocycles. The fourth-order valence-corrected chi connectivity index (χ4v) is 4.55. The van der Waals surface area contributed by atoms with Crippen LogP contribution in [0.1, 0.15) is 17.0 Å². The van der Waals surface area contributed by atoms with Crippen LogP contribution in [-0.4, -0.2) is 10.2 Å². The number of halogens is 5. The summed E-state index contributed by atoms with van der Waals surface area (Å²) >= 11 is 25.3. The average molecular weight is 515 g/mol. The van der Waals surface area contributed by atoms with Gasteiger partial charge in [-0.25, -0.2) is 4.39 Å². The van der Waals surface area contributed by atoms with E-state index in [9.17, 15) is 0 Å². The van der Waals surface area contributed by atoms with Crippen LogP contribution in [0, 0.1) is 17.1 Å². The second kappa shape index (κ2) is 9.03. The SMILES string of the molecule is N#Cc1cc(Cl)cc(Oc2c(Cl)ccc(Cc3nnc(-c4cc(Cl)sc4Cl)o3)c2F)c1. The molecular formula is C20H8Cl4FN3O2S. The third kappa shape index (κ3) is 4.79. The molecule has 156 valence electrons. The van der Waals surface area contributed by atoms with Gasteiger partial charge in [0.25, 0.3) is 0 Å². The van der Waals surface area contributed by atoms with Gasteiger partial charge in [-0.15, -0.1) is 21.5 Å². The second-order valence-corrected chi connectivity index (χ2v) is 9.28. The van der Waals surface area contributed by atoms with E-state index in [-0.39, 0.29) is 50.9 Å². The first-order valence-corrected chi connectivity index (χ1v) is 10.8. The van der Waals surface area contributed by atoms with E-state index in [1.807, 2.05) is 6.07 Å². The summed E-state index contributed by atoms with van der Waals surface area (Å²) in [5, 5.41) is 17.3. The molecule has 0 aliphatic rings. The molecule has 2 heterocycles. The lowest BCUT2D eigenvalue weighted by atomic mass is 10.1. The van der Waals surface area contributed by atoms with E-state index in [1.54, 1.807) is 6.07 Å². The predicted octanol–water partition coefficient (Wildman–Crippen LogP) is 7.81. The molecule has 0 saturated carbocycles. The van der Waals surface area contributed by atoms with Gasteiger partial charge in [0.1, 0.15) is 10.1 Å². The first-order valence-electron chi connectivity index (χ1n) is 8.47. The van der Waals surface area contributed by atoms with Crippen molar-refractivity contribution in [2.75, 3.05) is 0 Å². The fourth-order valence-electron chi connectivity index (χ4n) is 2.69. The van der Waals surface area contributed by atoms with Gasteiger partial charge in [0.15, 0.2) is 11.6 Å². The highest BCUT2D eigenvalue weighted by Crippen LogP contribution is 2.38. The Morgan fingerprint density at radius 2 is 1.90 bits per heavy atom. The van der Waals surface area contributed by atoms with E-state index in [0.29, 0.717) is 14.2 Å². The minimum absolute atomic E-state index is 0.0131. The second-order valence-electron chi connectivity index (χ2n) is 6.15. The first kappa shape index (κ1) is 21.9. The lowest BCUT2D eigenvalue weighted by Gasteiger charge is -2.11. The number of rotatable bonds is 5. The van der Waals surface area contributed by atoms with Crippen molar-refractivity contribution in [3.8, 4) is 29.0 Å². The third-order valence-electron chi connectivity index (χ3n) is 4.04. The largest absolute Gasteiger partial charge is 0.453 e. The van der Waals surface area contributed by atoms with Gasteiger partial charge in [-0.3, -0.25) is 0 Å².